The Morgan fingerprint density at radius 2 is 2.00 bits per heavy atom. The molecule has 106 valence electrons. The van der Waals surface area contributed by atoms with Gasteiger partial charge in [0.2, 0.25) is 5.03 Å². The van der Waals surface area contributed by atoms with Crippen LogP contribution in [0.3, 0.4) is 0 Å². The molecule has 0 bridgehead atoms. The Morgan fingerprint density at radius 1 is 1.25 bits per heavy atom. The summed E-state index contributed by atoms with van der Waals surface area (Å²) in [7, 11) is -4.03. The highest BCUT2D eigenvalue weighted by Crippen LogP contribution is 2.28. The number of anilines is 1. The van der Waals surface area contributed by atoms with Gasteiger partial charge in [0.1, 0.15) is 0 Å². The van der Waals surface area contributed by atoms with Crippen molar-refractivity contribution in [1.29, 1.82) is 0 Å². The molecule has 2 rings (SSSR count). The Bertz CT molecular complexity index is 705. The van der Waals surface area contributed by atoms with Crippen molar-refractivity contribution in [3.05, 3.63) is 48.4 Å². The van der Waals surface area contributed by atoms with Gasteiger partial charge in [-0.1, -0.05) is 19.1 Å². The molecule has 1 heterocycles. The SMILES string of the molecule is CCSc1ccccc1NS(=O)(=O)c1ncccc1F. The van der Waals surface area contributed by atoms with Gasteiger partial charge in [0.25, 0.3) is 10.0 Å². The first-order valence-corrected chi connectivity index (χ1v) is 8.36. The highest BCUT2D eigenvalue weighted by molar-refractivity contribution is 7.99. The van der Waals surface area contributed by atoms with Gasteiger partial charge in [0.15, 0.2) is 5.82 Å². The van der Waals surface area contributed by atoms with Crippen molar-refractivity contribution in [1.82, 2.24) is 4.98 Å². The van der Waals surface area contributed by atoms with Gasteiger partial charge in [-0.05, 0) is 30.0 Å². The number of thioether (sulfide) groups is 1. The monoisotopic (exact) mass is 312 g/mol. The summed E-state index contributed by atoms with van der Waals surface area (Å²) in [6, 6.07) is 9.38. The molecular weight excluding hydrogens is 299 g/mol. The molecule has 0 spiro atoms. The number of hydrogen-bond donors (Lipinski definition) is 1. The summed E-state index contributed by atoms with van der Waals surface area (Å²) in [5.41, 5.74) is 0.421. The molecule has 0 atom stereocenters. The highest BCUT2D eigenvalue weighted by Gasteiger charge is 2.21. The molecule has 0 saturated carbocycles. The lowest BCUT2D eigenvalue weighted by atomic mass is 10.3. The number of pyridine rings is 1. The van der Waals surface area contributed by atoms with Gasteiger partial charge >= 0.3 is 0 Å². The van der Waals surface area contributed by atoms with Crippen LogP contribution in [-0.2, 0) is 10.0 Å². The molecule has 0 unspecified atom stereocenters. The summed E-state index contributed by atoms with van der Waals surface area (Å²) >= 11 is 1.50. The van der Waals surface area contributed by atoms with E-state index in [1.807, 2.05) is 13.0 Å². The maximum Gasteiger partial charge on any atom is 0.282 e. The van der Waals surface area contributed by atoms with Crippen LogP contribution in [0.15, 0.2) is 52.5 Å². The van der Waals surface area contributed by atoms with Crippen molar-refractivity contribution < 1.29 is 12.8 Å². The standard InChI is InChI=1S/C13H13FN2O2S2/c1-2-19-12-8-4-3-7-11(12)16-20(17,18)13-10(14)6-5-9-15-13/h3-9,16H,2H2,1H3. The highest BCUT2D eigenvalue weighted by atomic mass is 32.2. The lowest BCUT2D eigenvalue weighted by molar-refractivity contribution is 0.556. The maximum absolute atomic E-state index is 13.5. The molecule has 1 aromatic carbocycles. The molecule has 0 amide bonds. The minimum Gasteiger partial charge on any atom is -0.277 e. The minimum absolute atomic E-state index is 0.421. The molecule has 20 heavy (non-hydrogen) atoms. The Kier molecular flexibility index (Phi) is 4.61. The zero-order valence-corrected chi connectivity index (χ0v) is 12.3. The van der Waals surface area contributed by atoms with E-state index < -0.39 is 20.9 Å². The number of nitrogens with one attached hydrogen (secondary N) is 1. The maximum atomic E-state index is 13.5. The third-order valence-electron chi connectivity index (χ3n) is 2.41. The largest absolute Gasteiger partial charge is 0.282 e. The average Bonchev–Trinajstić information content (AvgIpc) is 2.41. The van der Waals surface area contributed by atoms with Crippen LogP contribution in [0.2, 0.25) is 0 Å². The van der Waals surface area contributed by atoms with Gasteiger partial charge in [0, 0.05) is 11.1 Å². The van der Waals surface area contributed by atoms with Crippen LogP contribution in [0, 0.1) is 5.82 Å². The zero-order valence-electron chi connectivity index (χ0n) is 10.7. The van der Waals surface area contributed by atoms with Crippen molar-refractivity contribution in [2.75, 3.05) is 10.5 Å². The van der Waals surface area contributed by atoms with Gasteiger partial charge < -0.3 is 0 Å². The smallest absolute Gasteiger partial charge is 0.277 e. The first-order chi connectivity index (χ1) is 9.54. The van der Waals surface area contributed by atoms with Crippen molar-refractivity contribution >= 4 is 27.5 Å². The number of halogens is 1. The Morgan fingerprint density at radius 3 is 2.70 bits per heavy atom. The van der Waals surface area contributed by atoms with Gasteiger partial charge in [0.05, 0.1) is 5.69 Å². The van der Waals surface area contributed by atoms with Crippen LogP contribution in [0.4, 0.5) is 10.1 Å². The normalized spacial score (nSPS) is 11.3. The van der Waals surface area contributed by atoms with Crippen LogP contribution in [-0.4, -0.2) is 19.2 Å². The lowest BCUT2D eigenvalue weighted by Gasteiger charge is -2.11. The van der Waals surface area contributed by atoms with Gasteiger partial charge in [-0.15, -0.1) is 11.8 Å². The number of aromatic nitrogens is 1. The predicted octanol–water partition coefficient (Wildman–Crippen LogP) is 3.13. The van der Waals surface area contributed by atoms with Crippen molar-refractivity contribution in [3.8, 4) is 0 Å². The van der Waals surface area contributed by atoms with Gasteiger partial charge in [-0.2, -0.15) is 8.42 Å². The molecule has 0 aliphatic rings. The van der Waals surface area contributed by atoms with Gasteiger partial charge in [-0.25, -0.2) is 9.37 Å². The van der Waals surface area contributed by atoms with Crippen LogP contribution in [0.1, 0.15) is 6.92 Å². The topological polar surface area (TPSA) is 59.1 Å². The lowest BCUT2D eigenvalue weighted by Crippen LogP contribution is -2.16. The molecule has 0 aliphatic heterocycles. The molecule has 0 radical (unpaired) electrons. The number of sulfonamides is 1. The van der Waals surface area contributed by atoms with E-state index in [-0.39, 0.29) is 0 Å². The first-order valence-electron chi connectivity index (χ1n) is 5.89. The summed E-state index contributed by atoms with van der Waals surface area (Å²) < 4.78 is 40.2. The average molecular weight is 312 g/mol. The van der Waals surface area contributed by atoms with Crippen LogP contribution >= 0.6 is 11.8 Å². The summed E-state index contributed by atoms with van der Waals surface area (Å²) in [6.07, 6.45) is 1.24. The Labute approximate surface area is 121 Å². The summed E-state index contributed by atoms with van der Waals surface area (Å²) in [4.78, 5) is 4.38. The molecule has 0 aliphatic carbocycles. The number of para-hydroxylation sites is 1. The van der Waals surface area contributed by atoms with Crippen molar-refractivity contribution in [3.63, 3.8) is 0 Å². The quantitative estimate of drug-likeness (QED) is 0.862. The van der Waals surface area contributed by atoms with Gasteiger partial charge in [-0.3, -0.25) is 4.72 Å². The Balaban J connectivity index is 2.37. The van der Waals surface area contributed by atoms with E-state index in [0.29, 0.717) is 5.69 Å². The molecule has 1 N–H and O–H groups in total. The summed E-state index contributed by atoms with van der Waals surface area (Å²) in [5.74, 6) is -0.0721. The second-order valence-corrected chi connectivity index (χ2v) is 6.73. The second-order valence-electron chi connectivity index (χ2n) is 3.83. The number of hydrogen-bond acceptors (Lipinski definition) is 4. The fourth-order valence-electron chi connectivity index (χ4n) is 1.59. The fraction of sp³-hybridized carbons (Fsp3) is 0.154. The molecule has 4 nitrogen and oxygen atoms in total. The zero-order chi connectivity index (χ0) is 14.6. The van der Waals surface area contributed by atoms with Crippen molar-refractivity contribution in [2.45, 2.75) is 16.8 Å². The van der Waals surface area contributed by atoms with E-state index in [1.54, 1.807) is 18.2 Å². The second kappa shape index (κ2) is 6.23. The van der Waals surface area contributed by atoms with Crippen molar-refractivity contribution in [2.24, 2.45) is 0 Å². The molecule has 1 aromatic heterocycles. The van der Waals surface area contributed by atoms with E-state index in [0.717, 1.165) is 16.7 Å². The fourth-order valence-corrected chi connectivity index (χ4v) is 3.51. The molecule has 0 saturated heterocycles. The molecular formula is C13H13FN2O2S2. The summed E-state index contributed by atoms with van der Waals surface area (Å²) in [5, 5.41) is -0.601. The third-order valence-corrected chi connectivity index (χ3v) is 4.66. The first kappa shape index (κ1) is 14.8. The van der Waals surface area contributed by atoms with E-state index in [1.165, 1.54) is 24.0 Å². The minimum atomic E-state index is -4.03. The predicted molar refractivity (Wildman–Crippen MR) is 77.8 cm³/mol. The van der Waals surface area contributed by atoms with E-state index in [9.17, 15) is 12.8 Å². The van der Waals surface area contributed by atoms with Crippen LogP contribution in [0.5, 0.6) is 0 Å². The van der Waals surface area contributed by atoms with Crippen LogP contribution in [0.25, 0.3) is 0 Å². The van der Waals surface area contributed by atoms with E-state index in [4.69, 9.17) is 0 Å². The van der Waals surface area contributed by atoms with E-state index >= 15 is 0 Å². The molecule has 2 aromatic rings. The van der Waals surface area contributed by atoms with Crippen LogP contribution < -0.4 is 4.72 Å². The summed E-state index contributed by atoms with van der Waals surface area (Å²) in [6.45, 7) is 1.97. The number of benzene rings is 1. The molecule has 0 fully saturated rings. The third kappa shape index (κ3) is 3.29. The van der Waals surface area contributed by atoms with E-state index in [2.05, 4.69) is 9.71 Å². The Hall–Kier alpha value is -1.60. The molecule has 7 heteroatoms. The number of rotatable bonds is 5. The number of nitrogens with zero attached hydrogens (tertiary/aromatic N) is 1.